The Morgan fingerprint density at radius 1 is 0.722 bits per heavy atom. The molecule has 2 nitrogen and oxygen atoms in total. The molecule has 2 rings (SSSR count). The second kappa shape index (κ2) is 5.64. The van der Waals surface area contributed by atoms with Crippen LogP contribution in [0.1, 0.15) is 65.2 Å². The average molecular weight is 246 g/mol. The predicted octanol–water partition coefficient (Wildman–Crippen LogP) is 3.91. The molecule has 2 heteroatoms. The van der Waals surface area contributed by atoms with Gasteiger partial charge in [-0.25, -0.2) is 0 Å². The first-order valence-electron chi connectivity index (χ1n) is 7.03. The zero-order valence-corrected chi connectivity index (χ0v) is 11.5. The van der Waals surface area contributed by atoms with Crippen molar-refractivity contribution in [3.8, 4) is 0 Å². The lowest BCUT2D eigenvalue weighted by atomic mass is 9.84. The summed E-state index contributed by atoms with van der Waals surface area (Å²) < 4.78 is 0. The lowest BCUT2D eigenvalue weighted by Gasteiger charge is -2.20. The Kier molecular flexibility index (Phi) is 4.15. The summed E-state index contributed by atoms with van der Waals surface area (Å²) in [6.45, 7) is 4.13. The molecule has 0 radical (unpaired) electrons. The first kappa shape index (κ1) is 13.3. The van der Waals surface area contributed by atoms with E-state index in [-0.39, 0.29) is 0 Å². The number of carbonyl (C=O) groups excluding carboxylic acids is 2. The molecule has 0 aromatic rings. The molecule has 0 aromatic carbocycles. The summed E-state index contributed by atoms with van der Waals surface area (Å²) in [7, 11) is 0. The molecule has 0 N–H and O–H groups in total. The van der Waals surface area contributed by atoms with Crippen LogP contribution in [0.5, 0.6) is 0 Å². The first-order chi connectivity index (χ1) is 8.59. The monoisotopic (exact) mass is 246 g/mol. The van der Waals surface area contributed by atoms with Crippen molar-refractivity contribution in [3.63, 3.8) is 0 Å². The Bertz CT molecular complexity index is 396. The standard InChI is InChI=1S/C16H22O2/c1-11-5-3-7-15(17)13(11)9-10-14-12(2)6-4-8-16(14)18/h3-10H2,1-2H3. The van der Waals surface area contributed by atoms with E-state index in [1.807, 2.05) is 0 Å². The minimum Gasteiger partial charge on any atom is -0.295 e. The van der Waals surface area contributed by atoms with E-state index in [4.69, 9.17) is 0 Å². The normalized spacial score (nSPS) is 21.9. The summed E-state index contributed by atoms with van der Waals surface area (Å²) in [6, 6.07) is 0. The number of hydrogen-bond acceptors (Lipinski definition) is 2. The summed E-state index contributed by atoms with van der Waals surface area (Å²) in [5.74, 6) is 0.612. The number of hydrogen-bond donors (Lipinski definition) is 0. The highest BCUT2D eigenvalue weighted by Crippen LogP contribution is 2.30. The van der Waals surface area contributed by atoms with E-state index >= 15 is 0 Å². The van der Waals surface area contributed by atoms with Crippen LogP contribution in [0.25, 0.3) is 0 Å². The van der Waals surface area contributed by atoms with Crippen LogP contribution in [0.15, 0.2) is 22.3 Å². The molecule has 0 spiro atoms. The number of allylic oxidation sites excluding steroid dienone is 4. The van der Waals surface area contributed by atoms with Gasteiger partial charge in [-0.05, 0) is 63.5 Å². The van der Waals surface area contributed by atoms with E-state index in [2.05, 4.69) is 13.8 Å². The molecule has 0 saturated heterocycles. The maximum Gasteiger partial charge on any atom is 0.158 e. The van der Waals surface area contributed by atoms with Crippen molar-refractivity contribution >= 4 is 11.6 Å². The van der Waals surface area contributed by atoms with Gasteiger partial charge in [0.2, 0.25) is 0 Å². The Hall–Kier alpha value is -1.18. The van der Waals surface area contributed by atoms with Crippen LogP contribution < -0.4 is 0 Å². The lowest BCUT2D eigenvalue weighted by molar-refractivity contribution is -0.117. The van der Waals surface area contributed by atoms with Crippen LogP contribution in [0.3, 0.4) is 0 Å². The molecule has 0 aliphatic heterocycles. The molecule has 0 atom stereocenters. The van der Waals surface area contributed by atoms with Gasteiger partial charge in [0.25, 0.3) is 0 Å². The Labute approximate surface area is 109 Å². The molecule has 0 aromatic heterocycles. The third-order valence-corrected chi connectivity index (χ3v) is 4.24. The maximum atomic E-state index is 11.9. The van der Waals surface area contributed by atoms with Gasteiger partial charge in [-0.2, -0.15) is 0 Å². The van der Waals surface area contributed by atoms with E-state index in [0.29, 0.717) is 24.4 Å². The van der Waals surface area contributed by atoms with Gasteiger partial charge in [0, 0.05) is 12.8 Å². The van der Waals surface area contributed by atoms with Gasteiger partial charge >= 0.3 is 0 Å². The zero-order chi connectivity index (χ0) is 13.1. The van der Waals surface area contributed by atoms with E-state index in [1.54, 1.807) is 0 Å². The predicted molar refractivity (Wildman–Crippen MR) is 72.4 cm³/mol. The Morgan fingerprint density at radius 3 is 1.44 bits per heavy atom. The quantitative estimate of drug-likeness (QED) is 0.756. The summed E-state index contributed by atoms with van der Waals surface area (Å²) in [5, 5.41) is 0. The van der Waals surface area contributed by atoms with Crippen molar-refractivity contribution in [2.75, 3.05) is 0 Å². The number of Topliss-reactive ketones (excluding diaryl/α,β-unsaturated/α-hetero) is 2. The van der Waals surface area contributed by atoms with Crippen molar-refractivity contribution < 1.29 is 9.59 Å². The van der Waals surface area contributed by atoms with Crippen molar-refractivity contribution in [1.82, 2.24) is 0 Å². The van der Waals surface area contributed by atoms with Gasteiger partial charge in [0.1, 0.15) is 0 Å². The largest absolute Gasteiger partial charge is 0.295 e. The first-order valence-corrected chi connectivity index (χ1v) is 7.03. The summed E-state index contributed by atoms with van der Waals surface area (Å²) >= 11 is 0. The number of rotatable bonds is 3. The van der Waals surface area contributed by atoms with Crippen molar-refractivity contribution in [2.24, 2.45) is 0 Å². The van der Waals surface area contributed by atoms with E-state index in [1.165, 1.54) is 11.1 Å². The van der Waals surface area contributed by atoms with Gasteiger partial charge in [-0.15, -0.1) is 0 Å². The van der Waals surface area contributed by atoms with Crippen molar-refractivity contribution in [2.45, 2.75) is 65.2 Å². The van der Waals surface area contributed by atoms with Crippen LogP contribution in [-0.4, -0.2) is 11.6 Å². The van der Waals surface area contributed by atoms with Crippen molar-refractivity contribution in [3.05, 3.63) is 22.3 Å². The van der Waals surface area contributed by atoms with Crippen LogP contribution >= 0.6 is 0 Å². The van der Waals surface area contributed by atoms with Gasteiger partial charge in [0.05, 0.1) is 0 Å². The van der Waals surface area contributed by atoms with Gasteiger partial charge in [-0.1, -0.05) is 11.1 Å². The minimum atomic E-state index is 0.306. The van der Waals surface area contributed by atoms with Crippen LogP contribution in [0.2, 0.25) is 0 Å². The molecule has 98 valence electrons. The van der Waals surface area contributed by atoms with E-state index in [0.717, 1.165) is 49.7 Å². The molecule has 0 heterocycles. The highest BCUT2D eigenvalue weighted by molar-refractivity contribution is 5.98. The maximum absolute atomic E-state index is 11.9. The fourth-order valence-electron chi connectivity index (χ4n) is 3.06. The second-order valence-electron chi connectivity index (χ2n) is 5.57. The van der Waals surface area contributed by atoms with Crippen LogP contribution in [0.4, 0.5) is 0 Å². The van der Waals surface area contributed by atoms with Crippen LogP contribution in [-0.2, 0) is 9.59 Å². The van der Waals surface area contributed by atoms with E-state index < -0.39 is 0 Å². The zero-order valence-electron chi connectivity index (χ0n) is 11.5. The molecule has 0 fully saturated rings. The molecule has 0 bridgehead atoms. The van der Waals surface area contributed by atoms with Crippen molar-refractivity contribution in [1.29, 1.82) is 0 Å². The molecule has 0 amide bonds. The molecule has 18 heavy (non-hydrogen) atoms. The highest BCUT2D eigenvalue weighted by Gasteiger charge is 2.21. The lowest BCUT2D eigenvalue weighted by Crippen LogP contribution is -2.14. The number of ketones is 2. The topological polar surface area (TPSA) is 34.1 Å². The number of carbonyl (C=O) groups is 2. The molecular formula is C16H22O2. The second-order valence-corrected chi connectivity index (χ2v) is 5.57. The Morgan fingerprint density at radius 2 is 1.11 bits per heavy atom. The molecular weight excluding hydrogens is 224 g/mol. The Balaban J connectivity index is 2.07. The average Bonchev–Trinajstić information content (AvgIpc) is 2.31. The summed E-state index contributed by atoms with van der Waals surface area (Å²) in [5.41, 5.74) is 4.49. The molecule has 2 aliphatic rings. The fraction of sp³-hybridized carbons (Fsp3) is 0.625. The van der Waals surface area contributed by atoms with Crippen LogP contribution in [0, 0.1) is 0 Å². The van der Waals surface area contributed by atoms with Gasteiger partial charge < -0.3 is 0 Å². The minimum absolute atomic E-state index is 0.306. The molecule has 2 aliphatic carbocycles. The van der Waals surface area contributed by atoms with Gasteiger partial charge in [-0.3, -0.25) is 9.59 Å². The summed E-state index contributed by atoms with van der Waals surface area (Å²) in [6.07, 6.45) is 7.01. The smallest absolute Gasteiger partial charge is 0.158 e. The highest BCUT2D eigenvalue weighted by atomic mass is 16.1. The third-order valence-electron chi connectivity index (χ3n) is 4.24. The third kappa shape index (κ3) is 2.80. The fourth-order valence-corrected chi connectivity index (χ4v) is 3.06. The molecule has 0 saturated carbocycles. The summed E-state index contributed by atoms with van der Waals surface area (Å²) in [4.78, 5) is 23.8. The van der Waals surface area contributed by atoms with E-state index in [9.17, 15) is 9.59 Å². The SMILES string of the molecule is CC1=C(CCC2=C(C)CCCC2=O)C(=O)CCC1. The molecule has 0 unspecified atom stereocenters. The van der Waals surface area contributed by atoms with Gasteiger partial charge in [0.15, 0.2) is 11.6 Å².